The Bertz CT molecular complexity index is 27.2. The van der Waals surface area contributed by atoms with Gasteiger partial charge in [-0.2, -0.15) is 0 Å². The SMILES string of the molecule is O[Si](O)(O)O.[Eu].[SrH2]. The molecule has 0 rings (SSSR count). The van der Waals surface area contributed by atoms with Crippen LogP contribution in [0.2, 0.25) is 0 Å². The molecule has 0 amide bonds. The van der Waals surface area contributed by atoms with Crippen LogP contribution in [0.5, 0.6) is 0 Å². The van der Waals surface area contributed by atoms with Gasteiger partial charge in [0.25, 0.3) is 0 Å². The van der Waals surface area contributed by atoms with E-state index in [4.69, 9.17) is 19.2 Å². The maximum absolute atomic E-state index is 7.33. The molecule has 0 heterocycles. The Morgan fingerprint density at radius 2 is 0.857 bits per heavy atom. The van der Waals surface area contributed by atoms with Crippen LogP contribution in [0.3, 0.4) is 0 Å². The van der Waals surface area contributed by atoms with E-state index < -0.39 is 9.05 Å². The molecule has 0 aliphatic heterocycles. The van der Waals surface area contributed by atoms with Gasteiger partial charge < -0.3 is 19.2 Å². The molecule has 0 saturated heterocycles. The van der Waals surface area contributed by atoms with E-state index in [0.29, 0.717) is 0 Å². The van der Waals surface area contributed by atoms with Gasteiger partial charge >= 0.3 is 54.5 Å². The molecular weight excluding hydrogens is 332 g/mol. The zero-order valence-electron chi connectivity index (χ0n) is 2.67. The van der Waals surface area contributed by atoms with E-state index in [0.717, 1.165) is 0 Å². The summed E-state index contributed by atoms with van der Waals surface area (Å²) < 4.78 is 0. The van der Waals surface area contributed by atoms with Crippen molar-refractivity contribution in [3.63, 3.8) is 0 Å². The summed E-state index contributed by atoms with van der Waals surface area (Å²) in [5, 5.41) is 0. The summed E-state index contributed by atoms with van der Waals surface area (Å²) >= 11 is 0. The molecule has 7 heteroatoms. The molecule has 0 fully saturated rings. The molecule has 0 spiro atoms. The third kappa shape index (κ3) is 47.5. The topological polar surface area (TPSA) is 80.9 Å². The second kappa shape index (κ2) is 7.23. The van der Waals surface area contributed by atoms with E-state index in [1.165, 1.54) is 0 Å². The van der Waals surface area contributed by atoms with Gasteiger partial charge in [0.05, 0.1) is 0 Å². The first-order chi connectivity index (χ1) is 2.00. The minimum absolute atomic E-state index is 0. The Morgan fingerprint density at radius 3 is 0.857 bits per heavy atom. The molecule has 0 unspecified atom stereocenters. The van der Waals surface area contributed by atoms with E-state index in [2.05, 4.69) is 0 Å². The molecular formula is H6EuO4SiSr. The molecule has 0 bridgehead atoms. The van der Waals surface area contributed by atoms with Crippen LogP contribution in [0.4, 0.5) is 0 Å². The number of hydrogen-bond acceptors (Lipinski definition) is 4. The van der Waals surface area contributed by atoms with Crippen LogP contribution < -0.4 is 0 Å². The molecule has 0 aromatic rings. The summed E-state index contributed by atoms with van der Waals surface area (Å²) in [5.74, 6) is 0. The van der Waals surface area contributed by atoms with E-state index in [1.54, 1.807) is 0 Å². The predicted molar refractivity (Wildman–Crippen MR) is 23.2 cm³/mol. The van der Waals surface area contributed by atoms with Crippen molar-refractivity contribution in [2.45, 2.75) is 0 Å². The van der Waals surface area contributed by atoms with Gasteiger partial charge in [-0.05, 0) is 0 Å². The molecule has 4 N–H and O–H groups in total. The summed E-state index contributed by atoms with van der Waals surface area (Å²) in [4.78, 5) is 29.3. The average molecular weight is 338 g/mol. The summed E-state index contributed by atoms with van der Waals surface area (Å²) in [6, 6.07) is 0. The average Bonchev–Trinajstić information content (AvgIpc) is 0.722. The Kier molecular flexibility index (Phi) is 17.2. The van der Waals surface area contributed by atoms with Crippen LogP contribution in [0.15, 0.2) is 0 Å². The van der Waals surface area contributed by atoms with Crippen molar-refractivity contribution in [1.82, 2.24) is 0 Å². The molecule has 43 valence electrons. The van der Waals surface area contributed by atoms with E-state index in [1.807, 2.05) is 0 Å². The number of hydrogen-bond donors (Lipinski definition) is 4. The van der Waals surface area contributed by atoms with Gasteiger partial charge in [-0.3, -0.25) is 0 Å². The molecule has 4 nitrogen and oxygen atoms in total. The Balaban J connectivity index is -0.0000000800. The van der Waals surface area contributed by atoms with Crippen molar-refractivity contribution in [2.24, 2.45) is 0 Å². The van der Waals surface area contributed by atoms with Gasteiger partial charge in [-0.25, -0.2) is 0 Å². The Hall–Kier alpha value is 3.12. The van der Waals surface area contributed by atoms with Crippen molar-refractivity contribution in [1.29, 1.82) is 0 Å². The fourth-order valence-electron chi connectivity index (χ4n) is 0. The van der Waals surface area contributed by atoms with Crippen molar-refractivity contribution >= 4 is 54.5 Å². The molecule has 0 aliphatic rings. The summed E-state index contributed by atoms with van der Waals surface area (Å²) in [7, 11) is -4.61. The molecule has 7 heavy (non-hydrogen) atoms. The first-order valence-electron chi connectivity index (χ1n) is 0.894. The van der Waals surface area contributed by atoms with Crippen LogP contribution >= 0.6 is 0 Å². The zero-order valence-corrected chi connectivity index (χ0v) is 6.09. The third-order valence-corrected chi connectivity index (χ3v) is 0. The molecule has 0 atom stereocenters. The van der Waals surface area contributed by atoms with Gasteiger partial charge in [-0.1, -0.05) is 0 Å². The second-order valence-corrected chi connectivity index (χ2v) is 1.80. The van der Waals surface area contributed by atoms with E-state index in [-0.39, 0.29) is 94.9 Å². The molecule has 0 aromatic carbocycles. The fourth-order valence-corrected chi connectivity index (χ4v) is 0. The fraction of sp³-hybridized carbons (Fsp3) is 0. The first-order valence-corrected chi connectivity index (χ1v) is 2.68. The molecule has 1 radical (unpaired) electrons. The zero-order chi connectivity index (χ0) is 4.50. The molecule has 0 saturated carbocycles. The van der Waals surface area contributed by atoms with E-state index in [9.17, 15) is 0 Å². The quantitative estimate of drug-likeness (QED) is 0.346. The van der Waals surface area contributed by atoms with E-state index >= 15 is 0 Å². The van der Waals surface area contributed by atoms with Gasteiger partial charge in [0, 0.05) is 49.4 Å². The van der Waals surface area contributed by atoms with Crippen LogP contribution in [-0.2, 0) is 0 Å². The van der Waals surface area contributed by atoms with Crippen LogP contribution in [0, 0.1) is 49.4 Å². The van der Waals surface area contributed by atoms with Crippen LogP contribution in [0.1, 0.15) is 0 Å². The molecule has 0 aliphatic carbocycles. The second-order valence-electron chi connectivity index (χ2n) is 0.600. The Labute approximate surface area is 120 Å². The van der Waals surface area contributed by atoms with Gasteiger partial charge in [-0.15, -0.1) is 0 Å². The minimum atomic E-state index is -4.61. The molecule has 0 aromatic heterocycles. The normalized spacial score (nSPS) is 8.57. The van der Waals surface area contributed by atoms with Gasteiger partial charge in [0.2, 0.25) is 0 Å². The Morgan fingerprint density at radius 1 is 0.857 bits per heavy atom. The van der Waals surface area contributed by atoms with Crippen molar-refractivity contribution in [3.05, 3.63) is 0 Å². The van der Waals surface area contributed by atoms with Crippen LogP contribution in [0.25, 0.3) is 0 Å². The van der Waals surface area contributed by atoms with Crippen molar-refractivity contribution in [2.75, 3.05) is 0 Å². The van der Waals surface area contributed by atoms with Crippen molar-refractivity contribution in [3.8, 4) is 0 Å². The summed E-state index contributed by atoms with van der Waals surface area (Å²) in [6.07, 6.45) is 0. The predicted octanol–water partition coefficient (Wildman–Crippen LogP) is -3.52. The van der Waals surface area contributed by atoms with Gasteiger partial charge in [0.15, 0.2) is 0 Å². The van der Waals surface area contributed by atoms with Crippen LogP contribution in [-0.4, -0.2) is 73.7 Å². The standard InChI is InChI=1S/Eu.H4O4Si.Sr.2H/c;1-5(2,3)4;;;/h;1-4H;;;. The monoisotopic (exact) mass is 339 g/mol. The summed E-state index contributed by atoms with van der Waals surface area (Å²) in [6.45, 7) is 0. The third-order valence-electron chi connectivity index (χ3n) is 0. The summed E-state index contributed by atoms with van der Waals surface area (Å²) in [5.41, 5.74) is 0. The number of rotatable bonds is 0. The maximum atomic E-state index is 7.33. The van der Waals surface area contributed by atoms with Gasteiger partial charge in [0.1, 0.15) is 0 Å². The first kappa shape index (κ1) is 16.6. The van der Waals surface area contributed by atoms with Crippen molar-refractivity contribution < 1.29 is 68.6 Å².